The van der Waals surface area contributed by atoms with Crippen LogP contribution in [0.25, 0.3) is 11.0 Å². The zero-order valence-electron chi connectivity index (χ0n) is 13.1. The molecule has 0 radical (unpaired) electrons. The first-order valence-electron chi connectivity index (χ1n) is 8.43. The lowest BCUT2D eigenvalue weighted by Gasteiger charge is -2.26. The molecule has 21 heavy (non-hydrogen) atoms. The molecule has 0 atom stereocenters. The van der Waals surface area contributed by atoms with E-state index in [1.807, 2.05) is 12.4 Å². The largest absolute Gasteiger partial charge is 0.331 e. The summed E-state index contributed by atoms with van der Waals surface area (Å²) in [6, 6.07) is 8.36. The summed E-state index contributed by atoms with van der Waals surface area (Å²) in [5, 5.41) is 3.65. The molecular formula is C18H27N3. The first kappa shape index (κ1) is 14.6. The molecule has 2 aromatic rings. The fourth-order valence-corrected chi connectivity index (χ4v) is 3.40. The summed E-state index contributed by atoms with van der Waals surface area (Å²) in [5.74, 6) is 1.87. The van der Waals surface area contributed by atoms with Crippen molar-refractivity contribution in [2.24, 2.45) is 11.8 Å². The second kappa shape index (κ2) is 7.08. The van der Waals surface area contributed by atoms with Crippen LogP contribution in [0.5, 0.6) is 0 Å². The fourth-order valence-electron chi connectivity index (χ4n) is 3.40. The van der Waals surface area contributed by atoms with Crippen LogP contribution in [0.2, 0.25) is 0 Å². The molecule has 1 aliphatic carbocycles. The van der Waals surface area contributed by atoms with E-state index in [-0.39, 0.29) is 0 Å². The SMILES string of the molecule is CC1CCC(CNCCCn2cnc3ccccc32)CC1. The number of benzene rings is 1. The second-order valence-electron chi connectivity index (χ2n) is 6.61. The van der Waals surface area contributed by atoms with E-state index in [0.717, 1.165) is 30.4 Å². The number of hydrogen-bond acceptors (Lipinski definition) is 2. The Morgan fingerprint density at radius 3 is 2.86 bits per heavy atom. The van der Waals surface area contributed by atoms with E-state index in [9.17, 15) is 0 Å². The molecule has 3 heteroatoms. The van der Waals surface area contributed by atoms with Crippen molar-refractivity contribution in [2.75, 3.05) is 13.1 Å². The van der Waals surface area contributed by atoms with Gasteiger partial charge in [-0.05, 0) is 56.3 Å². The highest BCUT2D eigenvalue weighted by atomic mass is 15.0. The molecule has 1 aromatic heterocycles. The molecule has 0 saturated heterocycles. The lowest BCUT2D eigenvalue weighted by atomic mass is 9.83. The minimum atomic E-state index is 0.912. The number of fused-ring (bicyclic) bond motifs is 1. The van der Waals surface area contributed by atoms with E-state index in [0.29, 0.717) is 0 Å². The van der Waals surface area contributed by atoms with Crippen LogP contribution in [-0.2, 0) is 6.54 Å². The third-order valence-electron chi connectivity index (χ3n) is 4.85. The molecular weight excluding hydrogens is 258 g/mol. The summed E-state index contributed by atoms with van der Waals surface area (Å²) in [4.78, 5) is 4.44. The molecule has 1 heterocycles. The summed E-state index contributed by atoms with van der Waals surface area (Å²) < 4.78 is 2.26. The number of aryl methyl sites for hydroxylation is 1. The molecule has 1 saturated carbocycles. The maximum atomic E-state index is 4.44. The highest BCUT2D eigenvalue weighted by Crippen LogP contribution is 2.27. The normalized spacial score (nSPS) is 22.7. The maximum Gasteiger partial charge on any atom is 0.0958 e. The molecule has 0 spiro atoms. The maximum absolute atomic E-state index is 4.44. The van der Waals surface area contributed by atoms with Crippen LogP contribution in [0, 0.1) is 11.8 Å². The van der Waals surface area contributed by atoms with Gasteiger partial charge in [-0.1, -0.05) is 31.9 Å². The van der Waals surface area contributed by atoms with Crippen molar-refractivity contribution in [1.29, 1.82) is 0 Å². The summed E-state index contributed by atoms with van der Waals surface area (Å²) in [6.07, 6.45) is 8.82. The molecule has 1 N–H and O–H groups in total. The minimum absolute atomic E-state index is 0.912. The van der Waals surface area contributed by atoms with Crippen LogP contribution in [0.4, 0.5) is 0 Å². The van der Waals surface area contributed by atoms with Gasteiger partial charge in [-0.2, -0.15) is 0 Å². The predicted molar refractivity (Wildman–Crippen MR) is 88.3 cm³/mol. The zero-order valence-corrected chi connectivity index (χ0v) is 13.1. The van der Waals surface area contributed by atoms with Crippen molar-refractivity contribution in [1.82, 2.24) is 14.9 Å². The number of aromatic nitrogens is 2. The molecule has 0 aliphatic heterocycles. The van der Waals surface area contributed by atoms with Crippen LogP contribution in [0.1, 0.15) is 39.0 Å². The number of imidazole rings is 1. The lowest BCUT2D eigenvalue weighted by molar-refractivity contribution is 0.281. The van der Waals surface area contributed by atoms with Crippen LogP contribution < -0.4 is 5.32 Å². The average molecular weight is 285 g/mol. The van der Waals surface area contributed by atoms with Gasteiger partial charge in [0.05, 0.1) is 17.4 Å². The van der Waals surface area contributed by atoms with Crippen molar-refractivity contribution < 1.29 is 0 Å². The van der Waals surface area contributed by atoms with Gasteiger partial charge >= 0.3 is 0 Å². The summed E-state index contributed by atoms with van der Waals surface area (Å²) >= 11 is 0. The van der Waals surface area contributed by atoms with Gasteiger partial charge in [-0.15, -0.1) is 0 Å². The van der Waals surface area contributed by atoms with Gasteiger partial charge < -0.3 is 9.88 Å². The molecule has 0 bridgehead atoms. The third kappa shape index (κ3) is 3.85. The average Bonchev–Trinajstić information content (AvgIpc) is 2.92. The molecule has 0 unspecified atom stereocenters. The Kier molecular flexibility index (Phi) is 4.91. The van der Waals surface area contributed by atoms with E-state index in [4.69, 9.17) is 0 Å². The van der Waals surface area contributed by atoms with Gasteiger partial charge in [0.1, 0.15) is 0 Å². The van der Waals surface area contributed by atoms with E-state index in [1.54, 1.807) is 0 Å². The highest BCUT2D eigenvalue weighted by molar-refractivity contribution is 5.74. The van der Waals surface area contributed by atoms with Gasteiger partial charge in [0.2, 0.25) is 0 Å². The number of nitrogens with zero attached hydrogens (tertiary/aromatic N) is 2. The van der Waals surface area contributed by atoms with E-state index >= 15 is 0 Å². The van der Waals surface area contributed by atoms with Crippen LogP contribution in [-0.4, -0.2) is 22.6 Å². The minimum Gasteiger partial charge on any atom is -0.331 e. The number of nitrogens with one attached hydrogen (secondary N) is 1. The first-order chi connectivity index (χ1) is 10.3. The van der Waals surface area contributed by atoms with E-state index in [2.05, 4.69) is 40.0 Å². The number of hydrogen-bond donors (Lipinski definition) is 1. The summed E-state index contributed by atoms with van der Waals surface area (Å²) in [5.41, 5.74) is 2.35. The number of rotatable bonds is 6. The predicted octanol–water partition coefficient (Wildman–Crippen LogP) is 3.84. The molecule has 114 valence electrons. The molecule has 1 aliphatic rings. The van der Waals surface area contributed by atoms with Crippen LogP contribution in [0.15, 0.2) is 30.6 Å². The monoisotopic (exact) mass is 285 g/mol. The second-order valence-corrected chi connectivity index (χ2v) is 6.61. The van der Waals surface area contributed by atoms with Gasteiger partial charge in [0.15, 0.2) is 0 Å². The molecule has 1 fully saturated rings. The van der Waals surface area contributed by atoms with Gasteiger partial charge in [0.25, 0.3) is 0 Å². The van der Waals surface area contributed by atoms with Crippen LogP contribution >= 0.6 is 0 Å². The van der Waals surface area contributed by atoms with Crippen LogP contribution in [0.3, 0.4) is 0 Å². The molecule has 3 rings (SSSR count). The van der Waals surface area contributed by atoms with Gasteiger partial charge in [0, 0.05) is 6.54 Å². The summed E-state index contributed by atoms with van der Waals surface area (Å²) in [7, 11) is 0. The standard InChI is InChI=1S/C18H27N3/c1-15-7-9-16(10-8-15)13-19-11-4-12-21-14-20-17-5-2-3-6-18(17)21/h2-3,5-6,14-16,19H,4,7-13H2,1H3. The highest BCUT2D eigenvalue weighted by Gasteiger charge is 2.17. The van der Waals surface area contributed by atoms with Gasteiger partial charge in [-0.3, -0.25) is 0 Å². The summed E-state index contributed by atoms with van der Waals surface area (Å²) in [6.45, 7) is 5.75. The Morgan fingerprint density at radius 1 is 1.19 bits per heavy atom. The van der Waals surface area contributed by atoms with E-state index in [1.165, 1.54) is 44.2 Å². The molecule has 3 nitrogen and oxygen atoms in total. The zero-order chi connectivity index (χ0) is 14.5. The Hall–Kier alpha value is -1.35. The van der Waals surface area contributed by atoms with Crippen molar-refractivity contribution in [2.45, 2.75) is 45.6 Å². The molecule has 0 amide bonds. The van der Waals surface area contributed by atoms with Crippen molar-refractivity contribution in [3.63, 3.8) is 0 Å². The lowest BCUT2D eigenvalue weighted by Crippen LogP contribution is -2.27. The first-order valence-corrected chi connectivity index (χ1v) is 8.43. The van der Waals surface area contributed by atoms with Crippen molar-refractivity contribution >= 4 is 11.0 Å². The van der Waals surface area contributed by atoms with Crippen molar-refractivity contribution in [3.8, 4) is 0 Å². The fraction of sp³-hybridized carbons (Fsp3) is 0.611. The Morgan fingerprint density at radius 2 is 2.00 bits per heavy atom. The Balaban J connectivity index is 1.37. The smallest absolute Gasteiger partial charge is 0.0958 e. The third-order valence-corrected chi connectivity index (χ3v) is 4.85. The molecule has 1 aromatic carbocycles. The van der Waals surface area contributed by atoms with Crippen molar-refractivity contribution in [3.05, 3.63) is 30.6 Å². The van der Waals surface area contributed by atoms with Gasteiger partial charge in [-0.25, -0.2) is 4.98 Å². The topological polar surface area (TPSA) is 29.9 Å². The van der Waals surface area contributed by atoms with E-state index < -0.39 is 0 Å². The Bertz CT molecular complexity index is 552. The Labute approximate surface area is 127 Å². The number of para-hydroxylation sites is 2. The quantitative estimate of drug-likeness (QED) is 0.817.